The van der Waals surface area contributed by atoms with Gasteiger partial charge in [-0.05, 0) is 69.7 Å². The zero-order valence-electron chi connectivity index (χ0n) is 32.2. The molecule has 12 nitrogen and oxygen atoms in total. The molecule has 3 aliphatic heterocycles. The zero-order chi connectivity index (χ0) is 39.5. The van der Waals surface area contributed by atoms with E-state index >= 15 is 0 Å². The Morgan fingerprint density at radius 3 is 2.40 bits per heavy atom. The molecule has 294 valence electrons. The first-order valence-corrected chi connectivity index (χ1v) is 18.4. The Bertz CT molecular complexity index is 1460. The van der Waals surface area contributed by atoms with Crippen molar-refractivity contribution in [2.24, 2.45) is 23.7 Å². The lowest BCUT2D eigenvalue weighted by atomic mass is 9.74. The standard InChI is InChI=1S/C40H56O10.CH2O2/c1-9-31(46-8)26(4)36-37(49-36)34-30(22-28-15-11-10-12-16-28)38(44)50-40(34,7)20-13-14-24(2)35-25(3)17-18-32(47-27(5)41)39(6,45)21-19-29(42)23-33(43)48-35;2-1-3/h10-18,20,25-26,29-32,34-37,42,45H,9,19,21-23H2,1-8H3;1H,(H,2,3)/b18-17+,20-13+,24-14+;/t25-,26+,29+,30?,31-,32-,34?,35?,36+,37+,39+,40?;/m0./s1. The molecule has 12 heteroatoms. The lowest BCUT2D eigenvalue weighted by Gasteiger charge is -2.32. The van der Waals surface area contributed by atoms with Crippen LogP contribution in [0.3, 0.4) is 0 Å². The number of hydrogen-bond acceptors (Lipinski definition) is 11. The van der Waals surface area contributed by atoms with Gasteiger partial charge in [0.25, 0.3) is 6.47 Å². The Labute approximate surface area is 313 Å². The van der Waals surface area contributed by atoms with Crippen LogP contribution in [0.5, 0.6) is 0 Å². The maximum Gasteiger partial charge on any atom is 0.310 e. The number of epoxide rings is 1. The Morgan fingerprint density at radius 1 is 1.13 bits per heavy atom. The Kier molecular flexibility index (Phi) is 16.0. The van der Waals surface area contributed by atoms with Crippen LogP contribution < -0.4 is 0 Å². The highest BCUT2D eigenvalue weighted by Crippen LogP contribution is 2.51. The lowest BCUT2D eigenvalue weighted by molar-refractivity contribution is -0.157. The number of rotatable bonds is 11. The van der Waals surface area contributed by atoms with E-state index in [4.69, 9.17) is 33.6 Å². The number of carbonyl (C=O) groups is 4. The minimum Gasteiger partial charge on any atom is -0.483 e. The van der Waals surface area contributed by atoms with Crippen molar-refractivity contribution in [3.05, 3.63) is 71.8 Å². The molecule has 0 aliphatic carbocycles. The van der Waals surface area contributed by atoms with Gasteiger partial charge < -0.3 is 39.0 Å². The van der Waals surface area contributed by atoms with Crippen LogP contribution in [0.4, 0.5) is 0 Å². The van der Waals surface area contributed by atoms with E-state index in [1.54, 1.807) is 26.2 Å². The quantitative estimate of drug-likeness (QED) is 0.0680. The van der Waals surface area contributed by atoms with Crippen LogP contribution in [0, 0.1) is 23.7 Å². The molecule has 1 aromatic carbocycles. The van der Waals surface area contributed by atoms with E-state index in [2.05, 4.69) is 13.8 Å². The van der Waals surface area contributed by atoms with Crippen LogP contribution in [0.1, 0.15) is 79.7 Å². The fourth-order valence-electron chi connectivity index (χ4n) is 7.61. The van der Waals surface area contributed by atoms with E-state index in [9.17, 15) is 24.6 Å². The molecule has 3 N–H and O–H groups in total. The number of esters is 3. The number of aliphatic hydroxyl groups excluding tert-OH is 1. The van der Waals surface area contributed by atoms with Crippen LogP contribution in [-0.4, -0.2) is 94.6 Å². The van der Waals surface area contributed by atoms with Gasteiger partial charge in [-0.3, -0.25) is 19.2 Å². The number of carboxylic acid groups (broad SMARTS) is 1. The third-order valence-corrected chi connectivity index (χ3v) is 10.6. The van der Waals surface area contributed by atoms with E-state index < -0.39 is 47.4 Å². The summed E-state index contributed by atoms with van der Waals surface area (Å²) < 4.78 is 29.6. The first kappa shape index (κ1) is 43.6. The van der Waals surface area contributed by atoms with Crippen LogP contribution >= 0.6 is 0 Å². The van der Waals surface area contributed by atoms with Crippen molar-refractivity contribution < 1.29 is 58.2 Å². The molecule has 0 amide bonds. The van der Waals surface area contributed by atoms with Crippen LogP contribution in [-0.2, 0) is 49.3 Å². The SMILES string of the molecule is CC[C@H](OC)[C@@H](C)[C@H]1O[C@@H]1C1C(Cc2ccccc2)C(=O)OC1(C)/C=C/C=C(\C)C1OC(=O)C[C@H](O)CC[C@@](C)(O)[C@@H](OC(C)=O)/C=C/[C@@H]1C.O=CO. The van der Waals surface area contributed by atoms with Crippen molar-refractivity contribution in [2.75, 3.05) is 7.11 Å². The third-order valence-electron chi connectivity index (χ3n) is 10.6. The largest absolute Gasteiger partial charge is 0.483 e. The summed E-state index contributed by atoms with van der Waals surface area (Å²) >= 11 is 0. The predicted octanol–water partition coefficient (Wildman–Crippen LogP) is 5.14. The summed E-state index contributed by atoms with van der Waals surface area (Å²) in [6.07, 6.45) is 7.31. The molecule has 2 fully saturated rings. The number of methoxy groups -OCH3 is 1. The molecule has 12 atom stereocenters. The molecule has 0 spiro atoms. The molecular formula is C41H58O12. The molecule has 2 saturated heterocycles. The summed E-state index contributed by atoms with van der Waals surface area (Å²) in [5, 5.41) is 28.5. The number of ether oxygens (including phenoxy) is 5. The fraction of sp³-hybridized carbons (Fsp3) is 0.610. The molecule has 53 heavy (non-hydrogen) atoms. The number of hydrogen-bond donors (Lipinski definition) is 3. The second-order valence-corrected chi connectivity index (χ2v) is 14.8. The second-order valence-electron chi connectivity index (χ2n) is 14.8. The lowest BCUT2D eigenvalue weighted by Crippen LogP contribution is -2.42. The number of aliphatic hydroxyl groups is 2. The van der Waals surface area contributed by atoms with E-state index in [1.165, 1.54) is 6.92 Å². The summed E-state index contributed by atoms with van der Waals surface area (Å²) in [6.45, 7) is 12.4. The Hall–Kier alpha value is -3.84. The number of carbonyl (C=O) groups excluding carboxylic acids is 3. The maximum absolute atomic E-state index is 13.5. The Balaban J connectivity index is 0.00000243. The van der Waals surface area contributed by atoms with Crippen LogP contribution in [0.25, 0.3) is 0 Å². The third kappa shape index (κ3) is 11.8. The van der Waals surface area contributed by atoms with Gasteiger partial charge in [0.15, 0.2) is 0 Å². The summed E-state index contributed by atoms with van der Waals surface area (Å²) in [4.78, 5) is 46.7. The van der Waals surface area contributed by atoms with E-state index in [-0.39, 0.29) is 67.8 Å². The van der Waals surface area contributed by atoms with E-state index in [1.807, 2.05) is 69.3 Å². The number of cyclic esters (lactones) is 2. The highest BCUT2D eigenvalue weighted by Gasteiger charge is 2.63. The van der Waals surface area contributed by atoms with Crippen molar-refractivity contribution in [3.8, 4) is 0 Å². The smallest absolute Gasteiger partial charge is 0.310 e. The minimum absolute atomic E-state index is 0.0317. The molecular weight excluding hydrogens is 684 g/mol. The van der Waals surface area contributed by atoms with Gasteiger partial charge in [-0.15, -0.1) is 0 Å². The topological polar surface area (TPSA) is 178 Å². The summed E-state index contributed by atoms with van der Waals surface area (Å²) in [5.41, 5.74) is -0.671. The molecule has 0 bridgehead atoms. The van der Waals surface area contributed by atoms with Gasteiger partial charge in [0, 0.05) is 31.8 Å². The normalized spacial score (nSPS) is 35.3. The average Bonchev–Trinajstić information content (AvgIpc) is 3.83. The summed E-state index contributed by atoms with van der Waals surface area (Å²) in [5.74, 6) is -2.29. The molecule has 3 heterocycles. The molecule has 3 aliphatic rings. The number of benzene rings is 1. The van der Waals surface area contributed by atoms with Crippen molar-refractivity contribution >= 4 is 24.4 Å². The fourth-order valence-corrected chi connectivity index (χ4v) is 7.61. The average molecular weight is 743 g/mol. The highest BCUT2D eigenvalue weighted by atomic mass is 16.6. The predicted molar refractivity (Wildman–Crippen MR) is 196 cm³/mol. The molecule has 0 radical (unpaired) electrons. The number of allylic oxidation sites excluding steroid dienone is 2. The van der Waals surface area contributed by atoms with Crippen molar-refractivity contribution in [3.63, 3.8) is 0 Å². The van der Waals surface area contributed by atoms with Gasteiger partial charge in [0.05, 0.1) is 36.8 Å². The molecule has 1 aromatic rings. The molecule has 0 saturated carbocycles. The molecule has 0 aromatic heterocycles. The zero-order valence-corrected chi connectivity index (χ0v) is 32.2. The van der Waals surface area contributed by atoms with E-state index in [0.29, 0.717) is 12.0 Å². The van der Waals surface area contributed by atoms with Gasteiger partial charge >= 0.3 is 17.9 Å². The van der Waals surface area contributed by atoms with Gasteiger partial charge in [0.1, 0.15) is 23.4 Å². The van der Waals surface area contributed by atoms with Gasteiger partial charge in [-0.2, -0.15) is 0 Å². The molecule has 4 unspecified atom stereocenters. The first-order valence-electron chi connectivity index (χ1n) is 18.4. The van der Waals surface area contributed by atoms with Crippen LogP contribution in [0.15, 0.2) is 66.3 Å². The second kappa shape index (κ2) is 19.5. The first-order chi connectivity index (χ1) is 25.0. The summed E-state index contributed by atoms with van der Waals surface area (Å²) in [6, 6.07) is 9.91. The Morgan fingerprint density at radius 2 is 1.79 bits per heavy atom. The van der Waals surface area contributed by atoms with Gasteiger partial charge in [0.2, 0.25) is 0 Å². The van der Waals surface area contributed by atoms with Crippen molar-refractivity contribution in [2.45, 2.75) is 128 Å². The highest BCUT2D eigenvalue weighted by molar-refractivity contribution is 5.77. The van der Waals surface area contributed by atoms with E-state index in [0.717, 1.165) is 12.0 Å². The maximum atomic E-state index is 13.5. The van der Waals surface area contributed by atoms with Gasteiger partial charge in [-0.1, -0.05) is 69.3 Å². The van der Waals surface area contributed by atoms with Crippen molar-refractivity contribution in [1.29, 1.82) is 0 Å². The van der Waals surface area contributed by atoms with Gasteiger partial charge in [-0.25, -0.2) is 0 Å². The van der Waals surface area contributed by atoms with Crippen LogP contribution in [0.2, 0.25) is 0 Å². The van der Waals surface area contributed by atoms with Crippen molar-refractivity contribution in [1.82, 2.24) is 0 Å². The molecule has 4 rings (SSSR count). The minimum atomic E-state index is -1.46. The summed E-state index contributed by atoms with van der Waals surface area (Å²) in [7, 11) is 1.71. The monoisotopic (exact) mass is 742 g/mol.